The van der Waals surface area contributed by atoms with Crippen molar-refractivity contribution in [2.45, 2.75) is 56.0 Å². The van der Waals surface area contributed by atoms with Gasteiger partial charge in [-0.15, -0.1) is 0 Å². The Hall–Kier alpha value is -3.82. The maximum atomic E-state index is 14.0. The minimum atomic E-state index is -3.73. The number of carbonyl (C=O) groups is 1. The highest BCUT2D eigenvalue weighted by Crippen LogP contribution is 2.49. The van der Waals surface area contributed by atoms with Crippen LogP contribution in [-0.4, -0.2) is 23.9 Å². The molecule has 4 aromatic rings. The number of aryl methyl sites for hydroxylation is 3. The summed E-state index contributed by atoms with van der Waals surface area (Å²) in [4.78, 5) is 20.4. The number of anilines is 1. The largest absolute Gasteiger partial charge is 0.337 e. The molecule has 0 bridgehead atoms. The number of hydrogen-bond acceptors (Lipinski definition) is 4. The van der Waals surface area contributed by atoms with Crippen LogP contribution >= 0.6 is 0 Å². The van der Waals surface area contributed by atoms with Gasteiger partial charge in [-0.25, -0.2) is 22.5 Å². The summed E-state index contributed by atoms with van der Waals surface area (Å²) in [5, 5.41) is 0. The summed E-state index contributed by atoms with van der Waals surface area (Å²) < 4.78 is 44.9. The maximum absolute atomic E-state index is 14.0. The number of carbonyl (C=O) groups excluding carboxylic acids is 1. The smallest absolute Gasteiger partial charge is 0.241 e. The Morgan fingerprint density at radius 2 is 1.85 bits per heavy atom. The number of nitrogens with zero attached hydrogens (tertiary/aromatic N) is 3. The SMILES string of the molecule is Cc1ccc(S(=O)(=O)N[C@H]2CCCc3ccc(N(Cc4nccn4C)C(=O)[C@@H]4C[C@@H]4c4ccc(F)cc4)cc32)cc1. The molecule has 1 N–H and O–H groups in total. The summed E-state index contributed by atoms with van der Waals surface area (Å²) in [7, 11) is -1.84. The topological polar surface area (TPSA) is 84.3 Å². The van der Waals surface area contributed by atoms with Crippen LogP contribution < -0.4 is 9.62 Å². The molecular formula is C32H33FN4O3S. The second-order valence-electron chi connectivity index (χ2n) is 11.1. The van der Waals surface area contributed by atoms with Crippen LogP contribution in [0.1, 0.15) is 59.3 Å². The molecule has 6 rings (SSSR count). The van der Waals surface area contributed by atoms with Crippen molar-refractivity contribution in [3.8, 4) is 0 Å². The number of amides is 1. The summed E-state index contributed by atoms with van der Waals surface area (Å²) in [6.45, 7) is 2.21. The Morgan fingerprint density at radius 1 is 1.10 bits per heavy atom. The molecule has 7 nitrogen and oxygen atoms in total. The molecule has 3 aromatic carbocycles. The fraction of sp³-hybridized carbons (Fsp3) is 0.312. The third kappa shape index (κ3) is 5.69. The lowest BCUT2D eigenvalue weighted by molar-refractivity contribution is -0.120. The van der Waals surface area contributed by atoms with E-state index in [0.717, 1.165) is 40.9 Å². The zero-order chi connectivity index (χ0) is 28.7. The first-order valence-electron chi connectivity index (χ1n) is 13.9. The Balaban J connectivity index is 1.31. The molecule has 1 saturated carbocycles. The predicted octanol–water partition coefficient (Wildman–Crippen LogP) is 5.56. The van der Waals surface area contributed by atoms with E-state index < -0.39 is 16.1 Å². The van der Waals surface area contributed by atoms with Gasteiger partial charge in [-0.1, -0.05) is 35.9 Å². The monoisotopic (exact) mass is 572 g/mol. The van der Waals surface area contributed by atoms with Crippen molar-refractivity contribution >= 4 is 21.6 Å². The molecule has 212 valence electrons. The van der Waals surface area contributed by atoms with Crippen LogP contribution in [0.3, 0.4) is 0 Å². The summed E-state index contributed by atoms with van der Waals surface area (Å²) >= 11 is 0. The second kappa shape index (κ2) is 10.9. The van der Waals surface area contributed by atoms with Gasteiger partial charge in [0.25, 0.3) is 0 Å². The Bertz CT molecular complexity index is 1680. The molecule has 2 aliphatic carbocycles. The summed E-state index contributed by atoms with van der Waals surface area (Å²) in [6.07, 6.45) is 6.64. The number of aromatic nitrogens is 2. The molecular weight excluding hydrogens is 539 g/mol. The van der Waals surface area contributed by atoms with E-state index in [2.05, 4.69) is 9.71 Å². The van der Waals surface area contributed by atoms with Crippen LogP contribution in [0, 0.1) is 18.7 Å². The summed E-state index contributed by atoms with van der Waals surface area (Å²) in [5.41, 5.74) is 4.64. The minimum absolute atomic E-state index is 0.0186. The molecule has 0 saturated heterocycles. The van der Waals surface area contributed by atoms with E-state index in [1.165, 1.54) is 12.1 Å². The lowest BCUT2D eigenvalue weighted by Gasteiger charge is -2.29. The molecule has 0 radical (unpaired) electrons. The van der Waals surface area contributed by atoms with E-state index in [0.29, 0.717) is 18.5 Å². The van der Waals surface area contributed by atoms with Crippen LogP contribution in [0.5, 0.6) is 0 Å². The molecule has 1 amide bonds. The van der Waals surface area contributed by atoms with Crippen molar-refractivity contribution in [3.05, 3.63) is 113 Å². The van der Waals surface area contributed by atoms with Crippen molar-refractivity contribution in [1.82, 2.24) is 14.3 Å². The molecule has 41 heavy (non-hydrogen) atoms. The van der Waals surface area contributed by atoms with E-state index in [4.69, 9.17) is 0 Å². The fourth-order valence-corrected chi connectivity index (χ4v) is 7.03. The zero-order valence-electron chi connectivity index (χ0n) is 23.1. The van der Waals surface area contributed by atoms with Crippen molar-refractivity contribution in [1.29, 1.82) is 0 Å². The van der Waals surface area contributed by atoms with Gasteiger partial charge in [0, 0.05) is 37.1 Å². The van der Waals surface area contributed by atoms with Crippen LogP contribution in [-0.2, 0) is 34.8 Å². The van der Waals surface area contributed by atoms with Gasteiger partial charge in [-0.3, -0.25) is 4.79 Å². The quantitative estimate of drug-likeness (QED) is 0.300. The predicted molar refractivity (Wildman–Crippen MR) is 155 cm³/mol. The average molecular weight is 573 g/mol. The van der Waals surface area contributed by atoms with Crippen molar-refractivity contribution in [3.63, 3.8) is 0 Å². The molecule has 0 spiro atoms. The van der Waals surface area contributed by atoms with Crippen LogP contribution in [0.4, 0.5) is 10.1 Å². The van der Waals surface area contributed by atoms with E-state index in [-0.39, 0.29) is 35.0 Å². The number of rotatable bonds is 8. The third-order valence-electron chi connectivity index (χ3n) is 8.28. The van der Waals surface area contributed by atoms with Gasteiger partial charge in [-0.2, -0.15) is 0 Å². The molecule has 0 unspecified atom stereocenters. The molecule has 1 heterocycles. The average Bonchev–Trinajstić information content (AvgIpc) is 3.66. The number of halogens is 1. The maximum Gasteiger partial charge on any atom is 0.241 e. The minimum Gasteiger partial charge on any atom is -0.337 e. The number of imidazole rings is 1. The van der Waals surface area contributed by atoms with Gasteiger partial charge in [0.05, 0.1) is 11.4 Å². The third-order valence-corrected chi connectivity index (χ3v) is 9.76. The van der Waals surface area contributed by atoms with Gasteiger partial charge in [0.1, 0.15) is 11.6 Å². The summed E-state index contributed by atoms with van der Waals surface area (Å²) in [6, 6.07) is 18.7. The van der Waals surface area contributed by atoms with E-state index >= 15 is 0 Å². The molecule has 3 atom stereocenters. The van der Waals surface area contributed by atoms with Crippen molar-refractivity contribution in [2.24, 2.45) is 13.0 Å². The standard InChI is InChI=1S/C32H33FN4O3S/c1-21-6-14-26(15-7-21)41(39,40)35-30-5-3-4-22-10-13-25(18-28(22)30)37(20-31-34-16-17-36(31)2)32(38)29-19-27(29)23-8-11-24(33)12-9-23/h6-18,27,29-30,35H,3-5,19-20H2,1-2H3/t27-,29-,30+/m1/s1. The van der Waals surface area contributed by atoms with E-state index in [9.17, 15) is 17.6 Å². The highest BCUT2D eigenvalue weighted by atomic mass is 32.2. The first kappa shape index (κ1) is 27.4. The summed E-state index contributed by atoms with van der Waals surface area (Å²) in [5.74, 6) is 0.253. The second-order valence-corrected chi connectivity index (χ2v) is 12.9. The number of hydrogen-bond donors (Lipinski definition) is 1. The fourth-order valence-electron chi connectivity index (χ4n) is 5.78. The lowest BCUT2D eigenvalue weighted by atomic mass is 9.87. The first-order valence-corrected chi connectivity index (χ1v) is 15.4. The van der Waals surface area contributed by atoms with Gasteiger partial charge in [0.15, 0.2) is 0 Å². The molecule has 2 aliphatic rings. The highest BCUT2D eigenvalue weighted by Gasteiger charge is 2.46. The lowest BCUT2D eigenvalue weighted by Crippen LogP contribution is -2.34. The van der Waals surface area contributed by atoms with Crippen LogP contribution in [0.25, 0.3) is 0 Å². The van der Waals surface area contributed by atoms with Gasteiger partial charge in [0.2, 0.25) is 15.9 Å². The Kier molecular flexibility index (Phi) is 7.25. The van der Waals surface area contributed by atoms with E-state index in [1.54, 1.807) is 47.5 Å². The number of sulfonamides is 1. The van der Waals surface area contributed by atoms with Crippen LogP contribution in [0.15, 0.2) is 84.0 Å². The van der Waals surface area contributed by atoms with Crippen LogP contribution in [0.2, 0.25) is 0 Å². The van der Waals surface area contributed by atoms with Gasteiger partial charge in [-0.05, 0) is 91.6 Å². The molecule has 1 fully saturated rings. The van der Waals surface area contributed by atoms with Gasteiger partial charge >= 0.3 is 0 Å². The number of nitrogens with one attached hydrogen (secondary N) is 1. The number of benzene rings is 3. The molecule has 1 aromatic heterocycles. The van der Waals surface area contributed by atoms with Gasteiger partial charge < -0.3 is 9.47 Å². The van der Waals surface area contributed by atoms with Crippen molar-refractivity contribution < 1.29 is 17.6 Å². The normalized spacial score (nSPS) is 19.9. The molecule has 9 heteroatoms. The van der Waals surface area contributed by atoms with Crippen molar-refractivity contribution in [2.75, 3.05) is 4.90 Å². The number of fused-ring (bicyclic) bond motifs is 1. The highest BCUT2D eigenvalue weighted by molar-refractivity contribution is 7.89. The first-order chi connectivity index (χ1) is 19.7. The Labute approximate surface area is 240 Å². The zero-order valence-corrected chi connectivity index (χ0v) is 23.9. The Morgan fingerprint density at radius 3 is 2.56 bits per heavy atom. The van der Waals surface area contributed by atoms with E-state index in [1.807, 2.05) is 42.9 Å². The molecule has 0 aliphatic heterocycles.